The average Bonchev–Trinajstić information content (AvgIpc) is 2.63. The Balaban J connectivity index is 1.77. The fourth-order valence-corrected chi connectivity index (χ4v) is 3.23. The molecule has 0 aromatic carbocycles. The van der Waals surface area contributed by atoms with Crippen molar-refractivity contribution in [2.24, 2.45) is 0 Å². The molecule has 0 spiro atoms. The Kier molecular flexibility index (Phi) is 5.85. The number of likely N-dealkylation sites (tertiary alicyclic amines) is 1. The number of aryl methyl sites for hydroxylation is 1. The molecule has 1 fully saturated rings. The third-order valence-corrected chi connectivity index (χ3v) is 4.49. The van der Waals surface area contributed by atoms with Crippen LogP contribution in [-0.2, 0) is 0 Å². The lowest BCUT2D eigenvalue weighted by Crippen LogP contribution is -2.45. The van der Waals surface area contributed by atoms with E-state index in [1.807, 2.05) is 13.0 Å². The lowest BCUT2D eigenvalue weighted by molar-refractivity contribution is 0.0545. The zero-order valence-electron chi connectivity index (χ0n) is 14.3. The topological polar surface area (TPSA) is 107 Å². The highest BCUT2D eigenvalue weighted by molar-refractivity contribution is 5.50. The number of aliphatic hydroxyl groups excluding tert-OH is 2. The van der Waals surface area contributed by atoms with E-state index >= 15 is 0 Å². The second kappa shape index (κ2) is 8.28. The Hall–Kier alpha value is -2.16. The van der Waals surface area contributed by atoms with Crippen molar-refractivity contribution in [1.82, 2.24) is 24.8 Å². The summed E-state index contributed by atoms with van der Waals surface area (Å²) < 4.78 is 0. The van der Waals surface area contributed by atoms with Crippen LogP contribution in [0.15, 0.2) is 24.7 Å². The van der Waals surface area contributed by atoms with Crippen molar-refractivity contribution in [3.8, 4) is 0 Å². The second-order valence-corrected chi connectivity index (χ2v) is 6.29. The van der Waals surface area contributed by atoms with Crippen LogP contribution >= 0.6 is 0 Å². The molecule has 25 heavy (non-hydrogen) atoms. The number of aliphatic hydroxyl groups is 2. The monoisotopic (exact) mass is 344 g/mol. The van der Waals surface area contributed by atoms with Gasteiger partial charge in [-0.15, -0.1) is 0 Å². The predicted octanol–water partition coefficient (Wildman–Crippen LogP) is 0.851. The number of hydrogen-bond acceptors (Lipinski definition) is 8. The highest BCUT2D eigenvalue weighted by Gasteiger charge is 2.27. The third kappa shape index (κ3) is 4.47. The molecular formula is C17H24N6O2. The zero-order chi connectivity index (χ0) is 17.6. The first kappa shape index (κ1) is 17.7. The third-order valence-electron chi connectivity index (χ3n) is 4.49. The average molecular weight is 344 g/mol. The van der Waals surface area contributed by atoms with Crippen LogP contribution in [-0.4, -0.2) is 67.4 Å². The molecule has 8 heteroatoms. The maximum Gasteiger partial charge on any atom is 0.150 e. The highest BCUT2D eigenvalue weighted by atomic mass is 16.3. The molecular weight excluding hydrogens is 320 g/mol. The molecule has 3 rings (SSSR count). The quantitative estimate of drug-likeness (QED) is 0.708. The first-order chi connectivity index (χ1) is 12.2. The molecule has 0 bridgehead atoms. The number of hydrogen-bond donors (Lipinski definition) is 3. The number of anilines is 2. The molecule has 1 aliphatic rings. The standard InChI is InChI=1S/C17H24N6O2/c1-12-20-15(7-16(21-12)22-17-8-18-4-5-19-17)13-3-2-6-23(9-13)14(10-24)11-25/h4-5,7-8,13-14,24-25H,2-3,6,9-11H2,1H3,(H,19,20,21,22)/t13-/m0/s1. The first-order valence-corrected chi connectivity index (χ1v) is 8.54. The Morgan fingerprint density at radius 2 is 2.08 bits per heavy atom. The van der Waals surface area contributed by atoms with E-state index in [0.29, 0.717) is 17.5 Å². The van der Waals surface area contributed by atoms with Crippen LogP contribution in [0.4, 0.5) is 11.6 Å². The Morgan fingerprint density at radius 1 is 1.24 bits per heavy atom. The fourth-order valence-electron chi connectivity index (χ4n) is 3.23. The van der Waals surface area contributed by atoms with Crippen molar-refractivity contribution in [1.29, 1.82) is 0 Å². The van der Waals surface area contributed by atoms with Crippen LogP contribution in [0.3, 0.4) is 0 Å². The summed E-state index contributed by atoms with van der Waals surface area (Å²) >= 11 is 0. The van der Waals surface area contributed by atoms with E-state index in [1.54, 1.807) is 18.6 Å². The van der Waals surface area contributed by atoms with Gasteiger partial charge in [-0.1, -0.05) is 0 Å². The summed E-state index contributed by atoms with van der Waals surface area (Å²) in [6.45, 7) is 3.46. The summed E-state index contributed by atoms with van der Waals surface area (Å²) in [5.41, 5.74) is 0.971. The largest absolute Gasteiger partial charge is 0.395 e. The predicted molar refractivity (Wildman–Crippen MR) is 93.6 cm³/mol. The van der Waals surface area contributed by atoms with E-state index in [4.69, 9.17) is 0 Å². The molecule has 3 heterocycles. The minimum Gasteiger partial charge on any atom is -0.395 e. The number of rotatable bonds is 6. The van der Waals surface area contributed by atoms with Crippen LogP contribution in [0.25, 0.3) is 0 Å². The number of nitrogens with zero attached hydrogens (tertiary/aromatic N) is 5. The normalized spacial score (nSPS) is 18.5. The minimum absolute atomic E-state index is 0.0362. The van der Waals surface area contributed by atoms with E-state index in [2.05, 4.69) is 30.2 Å². The number of nitrogens with one attached hydrogen (secondary N) is 1. The Bertz CT molecular complexity index is 680. The number of aromatic nitrogens is 4. The van der Waals surface area contributed by atoms with Crippen molar-refractivity contribution in [3.05, 3.63) is 36.2 Å². The van der Waals surface area contributed by atoms with Gasteiger partial charge in [-0.3, -0.25) is 9.88 Å². The molecule has 0 aliphatic carbocycles. The van der Waals surface area contributed by atoms with Crippen molar-refractivity contribution in [2.45, 2.75) is 31.7 Å². The van der Waals surface area contributed by atoms with Crippen molar-refractivity contribution >= 4 is 11.6 Å². The summed E-state index contributed by atoms with van der Waals surface area (Å²) in [4.78, 5) is 19.4. The molecule has 0 saturated carbocycles. The van der Waals surface area contributed by atoms with Gasteiger partial charge in [0.05, 0.1) is 31.1 Å². The molecule has 8 nitrogen and oxygen atoms in total. The van der Waals surface area contributed by atoms with Gasteiger partial charge in [0.25, 0.3) is 0 Å². The maximum absolute atomic E-state index is 9.44. The summed E-state index contributed by atoms with van der Waals surface area (Å²) in [6.07, 6.45) is 6.93. The van der Waals surface area contributed by atoms with Crippen molar-refractivity contribution in [3.63, 3.8) is 0 Å². The molecule has 3 N–H and O–H groups in total. The van der Waals surface area contributed by atoms with Gasteiger partial charge < -0.3 is 15.5 Å². The summed E-state index contributed by atoms with van der Waals surface area (Å²) in [5.74, 6) is 2.28. The van der Waals surface area contributed by atoms with Crippen LogP contribution in [0.5, 0.6) is 0 Å². The van der Waals surface area contributed by atoms with Crippen LogP contribution in [0.2, 0.25) is 0 Å². The van der Waals surface area contributed by atoms with E-state index in [-0.39, 0.29) is 25.2 Å². The molecule has 1 saturated heterocycles. The highest BCUT2D eigenvalue weighted by Crippen LogP contribution is 2.28. The lowest BCUT2D eigenvalue weighted by atomic mass is 9.93. The van der Waals surface area contributed by atoms with Gasteiger partial charge in [0.15, 0.2) is 0 Å². The molecule has 2 aromatic rings. The van der Waals surface area contributed by atoms with Crippen LogP contribution in [0, 0.1) is 6.92 Å². The van der Waals surface area contributed by atoms with Gasteiger partial charge in [-0.2, -0.15) is 0 Å². The van der Waals surface area contributed by atoms with Gasteiger partial charge in [0, 0.05) is 30.9 Å². The zero-order valence-corrected chi connectivity index (χ0v) is 14.3. The van der Waals surface area contributed by atoms with Gasteiger partial charge in [-0.25, -0.2) is 15.0 Å². The minimum atomic E-state index is -0.206. The molecule has 0 unspecified atom stereocenters. The second-order valence-electron chi connectivity index (χ2n) is 6.29. The maximum atomic E-state index is 9.44. The molecule has 1 aliphatic heterocycles. The first-order valence-electron chi connectivity index (χ1n) is 8.54. The van der Waals surface area contributed by atoms with Crippen LogP contribution in [0.1, 0.15) is 30.3 Å². The van der Waals surface area contributed by atoms with Crippen molar-refractivity contribution < 1.29 is 10.2 Å². The van der Waals surface area contributed by atoms with E-state index in [1.165, 1.54) is 0 Å². The smallest absolute Gasteiger partial charge is 0.150 e. The lowest BCUT2D eigenvalue weighted by Gasteiger charge is -2.36. The van der Waals surface area contributed by atoms with Crippen molar-refractivity contribution in [2.75, 3.05) is 31.6 Å². The van der Waals surface area contributed by atoms with Gasteiger partial charge in [0.1, 0.15) is 17.5 Å². The fraction of sp³-hybridized carbons (Fsp3) is 0.529. The summed E-state index contributed by atoms with van der Waals surface area (Å²) in [5, 5.41) is 22.0. The summed E-state index contributed by atoms with van der Waals surface area (Å²) in [6, 6.07) is 1.74. The Morgan fingerprint density at radius 3 is 2.80 bits per heavy atom. The van der Waals surface area contributed by atoms with Gasteiger partial charge in [-0.05, 0) is 26.3 Å². The molecule has 2 aromatic heterocycles. The van der Waals surface area contributed by atoms with E-state index in [9.17, 15) is 10.2 Å². The molecule has 1 atom stereocenters. The molecule has 0 amide bonds. The van der Waals surface area contributed by atoms with Gasteiger partial charge in [0.2, 0.25) is 0 Å². The molecule has 134 valence electrons. The number of piperidine rings is 1. The van der Waals surface area contributed by atoms with E-state index < -0.39 is 0 Å². The Labute approximate surface area is 147 Å². The SMILES string of the molecule is Cc1nc(Nc2cnccn2)cc([C@H]2CCCN(C(CO)CO)C2)n1. The van der Waals surface area contributed by atoms with Crippen LogP contribution < -0.4 is 5.32 Å². The van der Waals surface area contributed by atoms with E-state index in [0.717, 1.165) is 31.6 Å². The van der Waals surface area contributed by atoms with Gasteiger partial charge >= 0.3 is 0 Å². The summed E-state index contributed by atoms with van der Waals surface area (Å²) in [7, 11) is 0. The molecule has 0 radical (unpaired) electrons.